The van der Waals surface area contributed by atoms with Gasteiger partial charge in [0, 0.05) is 19.7 Å². The lowest BCUT2D eigenvalue weighted by Gasteiger charge is -2.35. The van der Waals surface area contributed by atoms with Gasteiger partial charge in [-0.2, -0.15) is 0 Å². The fourth-order valence-corrected chi connectivity index (χ4v) is 2.30. The maximum Gasteiger partial charge on any atom is 0.188 e. The summed E-state index contributed by atoms with van der Waals surface area (Å²) in [7, 11) is 1.80. The Bertz CT molecular complexity index is 255. The Balaban J connectivity index is 2.40. The van der Waals surface area contributed by atoms with Gasteiger partial charge in [-0.05, 0) is 44.9 Å². The molecule has 0 spiro atoms. The normalized spacial score (nSPS) is 30.6. The van der Waals surface area contributed by atoms with Crippen LogP contribution in [0.5, 0.6) is 0 Å². The summed E-state index contributed by atoms with van der Waals surface area (Å²) in [5.41, 5.74) is 6.11. The van der Waals surface area contributed by atoms with Gasteiger partial charge in [0.05, 0.1) is 6.10 Å². The van der Waals surface area contributed by atoms with E-state index in [4.69, 9.17) is 10.5 Å². The summed E-state index contributed by atoms with van der Waals surface area (Å²) >= 11 is 0. The number of ether oxygens (including phenoxy) is 1. The molecule has 0 atom stereocenters. The van der Waals surface area contributed by atoms with Crippen LogP contribution in [0.3, 0.4) is 0 Å². The van der Waals surface area contributed by atoms with Crippen molar-refractivity contribution < 1.29 is 4.74 Å². The highest BCUT2D eigenvalue weighted by Gasteiger charge is 2.30. The van der Waals surface area contributed by atoms with Crippen molar-refractivity contribution in [1.82, 2.24) is 5.32 Å². The van der Waals surface area contributed by atoms with E-state index in [0.717, 1.165) is 19.4 Å². The van der Waals surface area contributed by atoms with Gasteiger partial charge in [0.15, 0.2) is 5.96 Å². The van der Waals surface area contributed by atoms with Crippen LogP contribution in [0, 0.1) is 5.41 Å². The molecule has 1 aliphatic rings. The van der Waals surface area contributed by atoms with Crippen LogP contribution in [0.25, 0.3) is 0 Å². The number of guanidine groups is 1. The third-order valence-electron chi connectivity index (χ3n) is 3.54. The Labute approximate surface area is 105 Å². The van der Waals surface area contributed by atoms with E-state index in [-0.39, 0.29) is 5.41 Å². The second-order valence-electron chi connectivity index (χ2n) is 5.75. The van der Waals surface area contributed by atoms with Crippen molar-refractivity contribution in [2.24, 2.45) is 16.1 Å². The van der Waals surface area contributed by atoms with E-state index < -0.39 is 0 Å². The highest BCUT2D eigenvalue weighted by Crippen LogP contribution is 2.36. The highest BCUT2D eigenvalue weighted by atomic mass is 16.5. The lowest BCUT2D eigenvalue weighted by Crippen LogP contribution is -2.38. The number of aliphatic imine (C=N–C) groups is 1. The van der Waals surface area contributed by atoms with E-state index in [2.05, 4.69) is 31.1 Å². The van der Waals surface area contributed by atoms with Crippen molar-refractivity contribution in [3.63, 3.8) is 0 Å². The molecule has 0 aromatic heterocycles. The predicted molar refractivity (Wildman–Crippen MR) is 72.1 cm³/mol. The van der Waals surface area contributed by atoms with E-state index in [9.17, 15) is 0 Å². The fraction of sp³-hybridized carbons (Fsp3) is 0.923. The lowest BCUT2D eigenvalue weighted by atomic mass is 9.75. The third kappa shape index (κ3) is 4.94. The topological polar surface area (TPSA) is 59.6 Å². The molecule has 1 aliphatic carbocycles. The standard InChI is InChI=1S/C13H27N3O/c1-10(2)16-12(14)15-9-13(3)7-5-11(17-4)6-8-13/h10-11H,5-9H2,1-4H3,(H3,14,15,16). The number of nitrogens with zero attached hydrogens (tertiary/aromatic N) is 1. The fourth-order valence-electron chi connectivity index (χ4n) is 2.30. The minimum absolute atomic E-state index is 0.290. The number of rotatable bonds is 4. The summed E-state index contributed by atoms with van der Waals surface area (Å²) in [4.78, 5) is 4.45. The molecule has 0 radical (unpaired) electrons. The van der Waals surface area contributed by atoms with Crippen LogP contribution >= 0.6 is 0 Å². The largest absolute Gasteiger partial charge is 0.381 e. The average Bonchev–Trinajstić information content (AvgIpc) is 2.27. The molecule has 1 saturated carbocycles. The molecule has 3 N–H and O–H groups in total. The van der Waals surface area contributed by atoms with E-state index in [1.165, 1.54) is 12.8 Å². The molecule has 0 aliphatic heterocycles. The summed E-state index contributed by atoms with van der Waals surface area (Å²) in [6, 6.07) is 0.343. The number of methoxy groups -OCH3 is 1. The quantitative estimate of drug-likeness (QED) is 0.584. The van der Waals surface area contributed by atoms with Gasteiger partial charge in [-0.1, -0.05) is 6.92 Å². The van der Waals surface area contributed by atoms with E-state index in [1.54, 1.807) is 7.11 Å². The summed E-state index contributed by atoms with van der Waals surface area (Å²) in [5, 5.41) is 3.12. The van der Waals surface area contributed by atoms with E-state index in [1.807, 2.05) is 0 Å². The van der Waals surface area contributed by atoms with Gasteiger partial charge in [-0.15, -0.1) is 0 Å². The van der Waals surface area contributed by atoms with Gasteiger partial charge in [-0.3, -0.25) is 4.99 Å². The number of hydrogen-bond donors (Lipinski definition) is 2. The van der Waals surface area contributed by atoms with Gasteiger partial charge in [0.2, 0.25) is 0 Å². The van der Waals surface area contributed by atoms with Gasteiger partial charge < -0.3 is 15.8 Å². The van der Waals surface area contributed by atoms with Gasteiger partial charge in [-0.25, -0.2) is 0 Å². The second-order valence-corrected chi connectivity index (χ2v) is 5.75. The molecule has 1 fully saturated rings. The molecule has 0 aromatic rings. The second kappa shape index (κ2) is 6.24. The van der Waals surface area contributed by atoms with Crippen molar-refractivity contribution in [2.75, 3.05) is 13.7 Å². The molecule has 17 heavy (non-hydrogen) atoms. The maximum atomic E-state index is 5.82. The smallest absolute Gasteiger partial charge is 0.188 e. The van der Waals surface area contributed by atoms with Gasteiger partial charge >= 0.3 is 0 Å². The summed E-state index contributed by atoms with van der Waals surface area (Å²) in [6.07, 6.45) is 5.06. The van der Waals surface area contributed by atoms with Crippen LogP contribution < -0.4 is 11.1 Å². The van der Waals surface area contributed by atoms with Crippen LogP contribution in [0.4, 0.5) is 0 Å². The first kappa shape index (κ1) is 14.3. The predicted octanol–water partition coefficient (Wildman–Crippen LogP) is 1.89. The molecule has 4 heteroatoms. The molecule has 100 valence electrons. The van der Waals surface area contributed by atoms with E-state index in [0.29, 0.717) is 18.1 Å². The number of hydrogen-bond acceptors (Lipinski definition) is 2. The van der Waals surface area contributed by atoms with Crippen molar-refractivity contribution in [1.29, 1.82) is 0 Å². The Morgan fingerprint density at radius 2 is 2.06 bits per heavy atom. The number of nitrogens with two attached hydrogens (primary N) is 1. The van der Waals surface area contributed by atoms with Crippen LogP contribution in [-0.4, -0.2) is 31.8 Å². The maximum absolute atomic E-state index is 5.82. The van der Waals surface area contributed by atoms with Gasteiger partial charge in [0.25, 0.3) is 0 Å². The van der Waals surface area contributed by atoms with Crippen LogP contribution in [0.1, 0.15) is 46.5 Å². The first-order valence-corrected chi connectivity index (χ1v) is 6.54. The zero-order valence-electron chi connectivity index (χ0n) is 11.6. The molecular formula is C13H27N3O. The van der Waals surface area contributed by atoms with Crippen LogP contribution in [-0.2, 0) is 4.74 Å². The van der Waals surface area contributed by atoms with Crippen molar-refractivity contribution in [3.8, 4) is 0 Å². The zero-order chi connectivity index (χ0) is 12.9. The van der Waals surface area contributed by atoms with E-state index >= 15 is 0 Å². The Kier molecular flexibility index (Phi) is 5.25. The molecule has 0 heterocycles. The molecular weight excluding hydrogens is 214 g/mol. The molecule has 0 saturated heterocycles. The monoisotopic (exact) mass is 241 g/mol. The average molecular weight is 241 g/mol. The minimum atomic E-state index is 0.290. The third-order valence-corrected chi connectivity index (χ3v) is 3.54. The van der Waals surface area contributed by atoms with Crippen molar-refractivity contribution >= 4 is 5.96 Å². The molecule has 0 aromatic carbocycles. The molecule has 0 unspecified atom stereocenters. The minimum Gasteiger partial charge on any atom is -0.381 e. The lowest BCUT2D eigenvalue weighted by molar-refractivity contribution is 0.0352. The molecule has 0 bridgehead atoms. The summed E-state index contributed by atoms with van der Waals surface area (Å²) in [5.74, 6) is 0.565. The van der Waals surface area contributed by atoms with Crippen LogP contribution in [0.15, 0.2) is 4.99 Å². The zero-order valence-corrected chi connectivity index (χ0v) is 11.6. The Hall–Kier alpha value is -0.770. The first-order chi connectivity index (χ1) is 7.95. The molecule has 0 amide bonds. The SMILES string of the molecule is COC1CCC(C)(CN=C(N)NC(C)C)CC1. The first-order valence-electron chi connectivity index (χ1n) is 6.54. The van der Waals surface area contributed by atoms with Crippen LogP contribution in [0.2, 0.25) is 0 Å². The molecule has 4 nitrogen and oxygen atoms in total. The summed E-state index contributed by atoms with van der Waals surface area (Å²) < 4.78 is 5.39. The molecule has 1 rings (SSSR count). The van der Waals surface area contributed by atoms with Crippen molar-refractivity contribution in [3.05, 3.63) is 0 Å². The number of nitrogens with one attached hydrogen (secondary N) is 1. The Morgan fingerprint density at radius 3 is 2.53 bits per heavy atom. The van der Waals surface area contributed by atoms with Crippen molar-refractivity contribution in [2.45, 2.75) is 58.6 Å². The summed E-state index contributed by atoms with van der Waals surface area (Å²) in [6.45, 7) is 7.24. The van der Waals surface area contributed by atoms with Gasteiger partial charge in [0.1, 0.15) is 0 Å². The Morgan fingerprint density at radius 1 is 1.47 bits per heavy atom. The highest BCUT2D eigenvalue weighted by molar-refractivity contribution is 5.78.